The van der Waals surface area contributed by atoms with Crippen molar-refractivity contribution in [1.29, 1.82) is 0 Å². The summed E-state index contributed by atoms with van der Waals surface area (Å²) >= 11 is 0. The van der Waals surface area contributed by atoms with Crippen molar-refractivity contribution in [2.24, 2.45) is 0 Å². The largest absolute Gasteiger partial charge is 0.487 e. The Labute approximate surface area is 207 Å². The fourth-order valence-electron chi connectivity index (χ4n) is 4.59. The lowest BCUT2D eigenvalue weighted by Gasteiger charge is -2.34. The van der Waals surface area contributed by atoms with Gasteiger partial charge in [-0.3, -0.25) is 10.1 Å². The Bertz CT molecular complexity index is 997. The van der Waals surface area contributed by atoms with E-state index in [4.69, 9.17) is 9.47 Å². The number of likely N-dealkylation sites (tertiary alicyclic amines) is 1. The number of hydrogen-bond acceptors (Lipinski definition) is 5. The zero-order chi connectivity index (χ0) is 24.3. The highest BCUT2D eigenvalue weighted by molar-refractivity contribution is 5.45. The molecule has 1 aliphatic heterocycles. The van der Waals surface area contributed by atoms with Crippen molar-refractivity contribution in [1.82, 2.24) is 4.90 Å². The smallest absolute Gasteiger partial charge is 0.310 e. The highest BCUT2D eigenvalue weighted by Gasteiger charge is 2.24. The van der Waals surface area contributed by atoms with Gasteiger partial charge in [0.1, 0.15) is 6.10 Å². The van der Waals surface area contributed by atoms with Crippen LogP contribution >= 0.6 is 0 Å². The van der Waals surface area contributed by atoms with Crippen LogP contribution in [0.2, 0.25) is 0 Å². The van der Waals surface area contributed by atoms with Crippen molar-refractivity contribution in [3.05, 3.63) is 106 Å². The van der Waals surface area contributed by atoms with E-state index in [0.717, 1.165) is 51.7 Å². The van der Waals surface area contributed by atoms with Crippen LogP contribution < -0.4 is 4.74 Å². The summed E-state index contributed by atoms with van der Waals surface area (Å²) in [6.07, 6.45) is 5.33. The molecule has 184 valence electrons. The first-order chi connectivity index (χ1) is 17.2. The van der Waals surface area contributed by atoms with Gasteiger partial charge in [-0.2, -0.15) is 0 Å². The minimum Gasteiger partial charge on any atom is -0.487 e. The minimum absolute atomic E-state index is 0.0272. The Morgan fingerprint density at radius 2 is 1.43 bits per heavy atom. The zero-order valence-corrected chi connectivity index (χ0v) is 20.1. The van der Waals surface area contributed by atoms with Gasteiger partial charge in [-0.05, 0) is 55.8 Å². The lowest BCUT2D eigenvalue weighted by Crippen LogP contribution is -2.38. The van der Waals surface area contributed by atoms with Crippen molar-refractivity contribution < 1.29 is 14.4 Å². The maximum Gasteiger partial charge on any atom is 0.310 e. The van der Waals surface area contributed by atoms with E-state index in [2.05, 4.69) is 53.4 Å². The molecule has 0 N–H and O–H groups in total. The topological polar surface area (TPSA) is 64.8 Å². The predicted molar refractivity (Wildman–Crippen MR) is 138 cm³/mol. The van der Waals surface area contributed by atoms with E-state index in [9.17, 15) is 10.1 Å². The van der Waals surface area contributed by atoms with Crippen LogP contribution in [0.3, 0.4) is 0 Å². The molecule has 1 aliphatic rings. The summed E-state index contributed by atoms with van der Waals surface area (Å²) in [7, 11) is 0. The molecule has 4 rings (SSSR count). The Kier molecular flexibility index (Phi) is 9.26. The van der Waals surface area contributed by atoms with E-state index in [1.54, 1.807) is 18.2 Å². The number of ether oxygens (including phenoxy) is 2. The van der Waals surface area contributed by atoms with Gasteiger partial charge in [0, 0.05) is 19.2 Å². The molecule has 0 amide bonds. The Morgan fingerprint density at radius 1 is 0.829 bits per heavy atom. The second-order valence-electron chi connectivity index (χ2n) is 9.01. The Hall–Kier alpha value is -3.22. The van der Waals surface area contributed by atoms with E-state index >= 15 is 0 Å². The number of para-hydroxylation sites is 2. The number of nitro groups is 1. The molecular weight excluding hydrogens is 440 g/mol. The van der Waals surface area contributed by atoms with Crippen LogP contribution in [0.1, 0.15) is 49.3 Å². The minimum atomic E-state index is -0.398. The van der Waals surface area contributed by atoms with Crippen LogP contribution in [0.15, 0.2) is 84.9 Å². The van der Waals surface area contributed by atoms with E-state index in [1.165, 1.54) is 17.2 Å². The maximum absolute atomic E-state index is 11.1. The van der Waals surface area contributed by atoms with Crippen LogP contribution in [-0.4, -0.2) is 42.2 Å². The molecule has 0 bridgehead atoms. The highest BCUT2D eigenvalue weighted by atomic mass is 16.6. The van der Waals surface area contributed by atoms with Gasteiger partial charge in [0.25, 0.3) is 0 Å². The van der Waals surface area contributed by atoms with Gasteiger partial charge in [0.2, 0.25) is 0 Å². The molecule has 0 aromatic heterocycles. The summed E-state index contributed by atoms with van der Waals surface area (Å²) in [5.41, 5.74) is 2.42. The van der Waals surface area contributed by atoms with Gasteiger partial charge in [0.05, 0.1) is 17.6 Å². The van der Waals surface area contributed by atoms with Crippen LogP contribution in [0.4, 0.5) is 5.69 Å². The van der Waals surface area contributed by atoms with Gasteiger partial charge >= 0.3 is 5.69 Å². The van der Waals surface area contributed by atoms with Crippen molar-refractivity contribution in [2.75, 3.05) is 26.2 Å². The molecule has 35 heavy (non-hydrogen) atoms. The first-order valence-electron chi connectivity index (χ1n) is 12.5. The van der Waals surface area contributed by atoms with Gasteiger partial charge in [-0.25, -0.2) is 0 Å². The number of nitro benzene ring substituents is 1. The molecular formula is C29H34N2O4. The molecule has 1 saturated heterocycles. The van der Waals surface area contributed by atoms with Gasteiger partial charge in [-0.1, -0.05) is 72.8 Å². The van der Waals surface area contributed by atoms with Gasteiger partial charge < -0.3 is 14.4 Å². The quantitative estimate of drug-likeness (QED) is 0.172. The molecule has 0 unspecified atom stereocenters. The molecule has 0 atom stereocenters. The van der Waals surface area contributed by atoms with Crippen molar-refractivity contribution >= 4 is 5.69 Å². The summed E-state index contributed by atoms with van der Waals surface area (Å²) in [6, 6.07) is 27.5. The summed E-state index contributed by atoms with van der Waals surface area (Å²) < 4.78 is 12.3. The number of rotatable bonds is 12. The summed E-state index contributed by atoms with van der Waals surface area (Å²) in [6.45, 7) is 3.67. The number of unbranched alkanes of at least 4 members (excludes halogenated alkanes) is 2. The molecule has 6 heteroatoms. The maximum atomic E-state index is 11.1. The highest BCUT2D eigenvalue weighted by Crippen LogP contribution is 2.30. The third-order valence-electron chi connectivity index (χ3n) is 6.51. The summed E-state index contributed by atoms with van der Waals surface area (Å²) in [5.74, 6) is 0.351. The van der Waals surface area contributed by atoms with Crippen molar-refractivity contribution in [3.8, 4) is 5.75 Å². The van der Waals surface area contributed by atoms with Crippen molar-refractivity contribution in [2.45, 2.75) is 44.3 Å². The molecule has 3 aromatic carbocycles. The molecule has 0 radical (unpaired) electrons. The second kappa shape index (κ2) is 13.0. The molecule has 0 aliphatic carbocycles. The Balaban J connectivity index is 1.16. The lowest BCUT2D eigenvalue weighted by atomic mass is 10.00. The second-order valence-corrected chi connectivity index (χ2v) is 9.01. The summed E-state index contributed by atoms with van der Waals surface area (Å²) in [4.78, 5) is 13.2. The third kappa shape index (κ3) is 7.38. The molecule has 1 fully saturated rings. The van der Waals surface area contributed by atoms with Crippen LogP contribution in [-0.2, 0) is 4.74 Å². The number of benzene rings is 3. The fraction of sp³-hybridized carbons (Fsp3) is 0.379. The first kappa shape index (κ1) is 24.9. The van der Waals surface area contributed by atoms with Gasteiger partial charge in [-0.15, -0.1) is 0 Å². The molecule has 0 saturated carbocycles. The van der Waals surface area contributed by atoms with E-state index in [0.29, 0.717) is 12.4 Å². The predicted octanol–water partition coefficient (Wildman–Crippen LogP) is 6.41. The first-order valence-corrected chi connectivity index (χ1v) is 12.5. The monoisotopic (exact) mass is 474 g/mol. The molecule has 0 spiro atoms. The average molecular weight is 475 g/mol. The van der Waals surface area contributed by atoms with E-state index in [1.807, 2.05) is 12.1 Å². The number of nitrogens with zero attached hydrogens (tertiary/aromatic N) is 2. The average Bonchev–Trinajstić information content (AvgIpc) is 2.91. The van der Waals surface area contributed by atoms with Crippen LogP contribution in [0.25, 0.3) is 0 Å². The standard InChI is InChI=1S/C29H34N2O4/c32-31(33)27-16-8-9-17-28(27)34-23-11-3-10-20-30-21-18-26(19-22-30)35-29(24-12-4-1-5-13-24)25-14-6-2-7-15-25/h1-2,4-9,12-17,26,29H,3,10-11,18-23H2. The van der Waals surface area contributed by atoms with Crippen LogP contribution in [0, 0.1) is 10.1 Å². The zero-order valence-electron chi connectivity index (χ0n) is 20.1. The molecule has 1 heterocycles. The lowest BCUT2D eigenvalue weighted by molar-refractivity contribution is -0.385. The summed E-state index contributed by atoms with van der Waals surface area (Å²) in [5, 5.41) is 11.1. The molecule has 3 aromatic rings. The fourth-order valence-corrected chi connectivity index (χ4v) is 4.59. The van der Waals surface area contributed by atoms with E-state index in [-0.39, 0.29) is 17.9 Å². The SMILES string of the molecule is O=[N+]([O-])c1ccccc1OCCCCCN1CCC(OC(c2ccccc2)c2ccccc2)CC1. The van der Waals surface area contributed by atoms with E-state index < -0.39 is 4.92 Å². The normalized spacial score (nSPS) is 14.8. The third-order valence-corrected chi connectivity index (χ3v) is 6.51. The number of hydrogen-bond donors (Lipinski definition) is 0. The van der Waals surface area contributed by atoms with Gasteiger partial charge in [0.15, 0.2) is 5.75 Å². The van der Waals surface area contributed by atoms with Crippen molar-refractivity contribution in [3.63, 3.8) is 0 Å². The Morgan fingerprint density at radius 3 is 2.06 bits per heavy atom. The van der Waals surface area contributed by atoms with Crippen LogP contribution in [0.5, 0.6) is 5.75 Å². The molecule has 6 nitrogen and oxygen atoms in total. The number of piperidine rings is 1.